The van der Waals surface area contributed by atoms with Crippen molar-refractivity contribution in [3.8, 4) is 0 Å². The number of anilines is 2. The van der Waals surface area contributed by atoms with Crippen LogP contribution in [0, 0.1) is 13.8 Å². The fourth-order valence-corrected chi connectivity index (χ4v) is 2.96. The zero-order valence-corrected chi connectivity index (χ0v) is 14.4. The minimum Gasteiger partial charge on any atom is -0.339 e. The molecule has 1 saturated heterocycles. The van der Waals surface area contributed by atoms with Crippen LogP contribution in [0.5, 0.6) is 0 Å². The van der Waals surface area contributed by atoms with Crippen molar-refractivity contribution in [3.05, 3.63) is 47.4 Å². The Balaban J connectivity index is 1.71. The van der Waals surface area contributed by atoms with E-state index in [2.05, 4.69) is 35.2 Å². The van der Waals surface area contributed by atoms with Crippen LogP contribution in [0.25, 0.3) is 0 Å². The smallest absolute Gasteiger partial charge is 0.274 e. The lowest BCUT2D eigenvalue weighted by atomic mass is 10.1. The normalized spacial score (nSPS) is 15.0. The predicted octanol–water partition coefficient (Wildman–Crippen LogP) is 3.85. The lowest BCUT2D eigenvalue weighted by Crippen LogP contribution is -2.32. The molecule has 0 bridgehead atoms. The number of hydrogen-bond donors (Lipinski definition) is 1. The van der Waals surface area contributed by atoms with Gasteiger partial charge in [0.2, 0.25) is 0 Å². The summed E-state index contributed by atoms with van der Waals surface area (Å²) in [6.45, 7) is 5.80. The second-order valence-corrected chi connectivity index (χ2v) is 6.37. The van der Waals surface area contributed by atoms with Gasteiger partial charge in [-0.05, 0) is 43.9 Å². The highest BCUT2D eigenvalue weighted by molar-refractivity contribution is 5.92. The first-order valence-corrected chi connectivity index (χ1v) is 8.60. The van der Waals surface area contributed by atoms with E-state index in [9.17, 15) is 4.79 Å². The van der Waals surface area contributed by atoms with Crippen LogP contribution in [0.1, 0.15) is 47.3 Å². The first kappa shape index (κ1) is 16.4. The molecule has 0 spiro atoms. The van der Waals surface area contributed by atoms with E-state index >= 15 is 0 Å². The van der Waals surface area contributed by atoms with E-state index < -0.39 is 0 Å². The maximum atomic E-state index is 12.5. The summed E-state index contributed by atoms with van der Waals surface area (Å²) in [5.74, 6) is 0.638. The summed E-state index contributed by atoms with van der Waals surface area (Å²) < 4.78 is 0. The molecule has 0 aliphatic carbocycles. The number of hydrogen-bond acceptors (Lipinski definition) is 4. The Labute approximate surface area is 143 Å². The molecule has 0 saturated carbocycles. The van der Waals surface area contributed by atoms with Crippen LogP contribution in [-0.2, 0) is 0 Å². The third-order valence-electron chi connectivity index (χ3n) is 4.63. The molecule has 126 valence electrons. The molecule has 0 atom stereocenters. The summed E-state index contributed by atoms with van der Waals surface area (Å²) in [5, 5.41) is 3.27. The van der Waals surface area contributed by atoms with Gasteiger partial charge >= 0.3 is 0 Å². The Morgan fingerprint density at radius 1 is 1.04 bits per heavy atom. The molecule has 1 fully saturated rings. The Kier molecular flexibility index (Phi) is 5.08. The summed E-state index contributed by atoms with van der Waals surface area (Å²) in [7, 11) is 0. The topological polar surface area (TPSA) is 58.1 Å². The summed E-state index contributed by atoms with van der Waals surface area (Å²) in [4.78, 5) is 23.1. The Hall–Kier alpha value is -2.43. The van der Waals surface area contributed by atoms with Gasteiger partial charge in [0.05, 0.1) is 12.4 Å². The number of benzene rings is 1. The molecule has 5 nitrogen and oxygen atoms in total. The van der Waals surface area contributed by atoms with Crippen molar-refractivity contribution < 1.29 is 4.79 Å². The number of nitrogens with zero attached hydrogens (tertiary/aromatic N) is 3. The molecule has 1 aliphatic rings. The summed E-state index contributed by atoms with van der Waals surface area (Å²) in [5.41, 5.74) is 3.84. The average Bonchev–Trinajstić information content (AvgIpc) is 2.88. The van der Waals surface area contributed by atoms with Gasteiger partial charge in [-0.1, -0.05) is 25.0 Å². The molecular formula is C19H24N4O. The largest absolute Gasteiger partial charge is 0.339 e. The number of aromatic nitrogens is 2. The van der Waals surface area contributed by atoms with Crippen molar-refractivity contribution in [2.24, 2.45) is 0 Å². The summed E-state index contributed by atoms with van der Waals surface area (Å²) in [6, 6.07) is 6.10. The molecule has 1 aromatic carbocycles. The fraction of sp³-hybridized carbons (Fsp3) is 0.421. The van der Waals surface area contributed by atoms with Crippen molar-refractivity contribution in [1.82, 2.24) is 14.9 Å². The minimum atomic E-state index is -0.0114. The van der Waals surface area contributed by atoms with E-state index in [-0.39, 0.29) is 5.91 Å². The number of likely N-dealkylation sites (tertiary alicyclic amines) is 1. The highest BCUT2D eigenvalue weighted by atomic mass is 16.2. The van der Waals surface area contributed by atoms with Crippen LogP contribution < -0.4 is 5.32 Å². The highest BCUT2D eigenvalue weighted by Gasteiger charge is 2.18. The molecule has 1 N–H and O–H groups in total. The lowest BCUT2D eigenvalue weighted by molar-refractivity contribution is 0.0755. The molecule has 24 heavy (non-hydrogen) atoms. The maximum absolute atomic E-state index is 12.5. The predicted molar refractivity (Wildman–Crippen MR) is 95.6 cm³/mol. The second-order valence-electron chi connectivity index (χ2n) is 6.37. The van der Waals surface area contributed by atoms with Crippen molar-refractivity contribution in [1.29, 1.82) is 0 Å². The SMILES string of the molecule is Cc1cccc(Nc2cnc(C(=O)N3CCCCCC3)cn2)c1C. The third-order valence-corrected chi connectivity index (χ3v) is 4.63. The average molecular weight is 324 g/mol. The van der Waals surface area contributed by atoms with Gasteiger partial charge in [0.1, 0.15) is 11.5 Å². The molecular weight excluding hydrogens is 300 g/mol. The van der Waals surface area contributed by atoms with Gasteiger partial charge in [-0.15, -0.1) is 0 Å². The van der Waals surface area contributed by atoms with Gasteiger partial charge in [0.15, 0.2) is 0 Å². The van der Waals surface area contributed by atoms with Crippen LogP contribution >= 0.6 is 0 Å². The van der Waals surface area contributed by atoms with Gasteiger partial charge in [0, 0.05) is 18.8 Å². The Morgan fingerprint density at radius 2 is 1.79 bits per heavy atom. The number of carbonyl (C=O) groups is 1. The van der Waals surface area contributed by atoms with Crippen LogP contribution in [0.2, 0.25) is 0 Å². The molecule has 2 aromatic rings. The van der Waals surface area contributed by atoms with Crippen LogP contribution in [0.3, 0.4) is 0 Å². The van der Waals surface area contributed by atoms with E-state index in [1.54, 1.807) is 12.4 Å². The van der Waals surface area contributed by atoms with E-state index in [0.29, 0.717) is 11.5 Å². The van der Waals surface area contributed by atoms with Gasteiger partial charge in [-0.25, -0.2) is 9.97 Å². The second kappa shape index (κ2) is 7.43. The third kappa shape index (κ3) is 3.72. The van der Waals surface area contributed by atoms with E-state index in [4.69, 9.17) is 0 Å². The molecule has 0 radical (unpaired) electrons. The quantitative estimate of drug-likeness (QED) is 0.931. The molecule has 3 rings (SSSR count). The van der Waals surface area contributed by atoms with Gasteiger partial charge < -0.3 is 10.2 Å². The molecule has 1 aliphatic heterocycles. The molecule has 1 amide bonds. The number of rotatable bonds is 3. The summed E-state index contributed by atoms with van der Waals surface area (Å²) in [6.07, 6.45) is 7.76. The summed E-state index contributed by atoms with van der Waals surface area (Å²) >= 11 is 0. The molecule has 0 unspecified atom stereocenters. The first-order valence-electron chi connectivity index (χ1n) is 8.60. The van der Waals surface area contributed by atoms with Crippen molar-refractivity contribution in [2.75, 3.05) is 18.4 Å². The monoisotopic (exact) mass is 324 g/mol. The highest BCUT2D eigenvalue weighted by Crippen LogP contribution is 2.21. The van der Waals surface area contributed by atoms with Gasteiger partial charge in [-0.3, -0.25) is 4.79 Å². The van der Waals surface area contributed by atoms with Crippen LogP contribution in [0.15, 0.2) is 30.6 Å². The molecule has 1 aromatic heterocycles. The lowest BCUT2D eigenvalue weighted by Gasteiger charge is -2.19. The zero-order valence-electron chi connectivity index (χ0n) is 14.4. The fourth-order valence-electron chi connectivity index (χ4n) is 2.96. The van der Waals surface area contributed by atoms with Gasteiger partial charge in [0.25, 0.3) is 5.91 Å². The first-order chi connectivity index (χ1) is 11.6. The maximum Gasteiger partial charge on any atom is 0.274 e. The zero-order chi connectivity index (χ0) is 16.9. The molecule has 5 heteroatoms. The van der Waals surface area contributed by atoms with Crippen LogP contribution in [0.4, 0.5) is 11.5 Å². The van der Waals surface area contributed by atoms with Crippen molar-refractivity contribution in [3.63, 3.8) is 0 Å². The van der Waals surface area contributed by atoms with Gasteiger partial charge in [-0.2, -0.15) is 0 Å². The minimum absolute atomic E-state index is 0.0114. The van der Waals surface area contributed by atoms with Crippen molar-refractivity contribution >= 4 is 17.4 Å². The van der Waals surface area contributed by atoms with E-state index in [1.165, 1.54) is 24.0 Å². The standard InChI is InChI=1S/C19H24N4O/c1-14-8-7-9-16(15(14)2)22-18-13-20-17(12-21-18)19(24)23-10-5-3-4-6-11-23/h7-9,12-13H,3-6,10-11H2,1-2H3,(H,21,22). The van der Waals surface area contributed by atoms with E-state index in [1.807, 2.05) is 17.0 Å². The number of carbonyl (C=O) groups excluding carboxylic acids is 1. The molecule has 2 heterocycles. The van der Waals surface area contributed by atoms with E-state index in [0.717, 1.165) is 31.6 Å². The Morgan fingerprint density at radius 3 is 2.46 bits per heavy atom. The number of amides is 1. The van der Waals surface area contributed by atoms with Crippen LogP contribution in [-0.4, -0.2) is 33.9 Å². The number of aryl methyl sites for hydroxylation is 1. The van der Waals surface area contributed by atoms with Crippen molar-refractivity contribution in [2.45, 2.75) is 39.5 Å². The Bertz CT molecular complexity index is 704. The number of nitrogens with one attached hydrogen (secondary N) is 1.